The number of nitrogens with zero attached hydrogens (tertiary/aromatic N) is 1. The van der Waals surface area contributed by atoms with Crippen LogP contribution in [0.15, 0.2) is 0 Å². The van der Waals surface area contributed by atoms with E-state index in [0.717, 1.165) is 0 Å². The third-order valence-corrected chi connectivity index (χ3v) is 3.51. The van der Waals surface area contributed by atoms with Gasteiger partial charge in [-0.3, -0.25) is 0 Å². The maximum absolute atomic E-state index is 6.03. The third kappa shape index (κ3) is 2.71. The Morgan fingerprint density at radius 3 is 2.21 bits per heavy atom. The van der Waals surface area contributed by atoms with Gasteiger partial charge in [-0.25, -0.2) is 0 Å². The van der Waals surface area contributed by atoms with Gasteiger partial charge in [0.25, 0.3) is 0 Å². The van der Waals surface area contributed by atoms with E-state index in [1.807, 2.05) is 0 Å². The van der Waals surface area contributed by atoms with Gasteiger partial charge in [0.1, 0.15) is 0 Å². The minimum Gasteiger partial charge on any atom is -0.375 e. The van der Waals surface area contributed by atoms with Crippen LogP contribution in [0.5, 0.6) is 0 Å². The highest BCUT2D eigenvalue weighted by atomic mass is 16.5. The van der Waals surface area contributed by atoms with Gasteiger partial charge < -0.3 is 9.64 Å². The lowest BCUT2D eigenvalue weighted by atomic mass is 9.95. The van der Waals surface area contributed by atoms with Crippen LogP contribution in [-0.2, 0) is 4.74 Å². The van der Waals surface area contributed by atoms with Gasteiger partial charge in [0, 0.05) is 13.1 Å². The smallest absolute Gasteiger partial charge is 0.0603 e. The van der Waals surface area contributed by atoms with Crippen molar-refractivity contribution >= 4 is 0 Å². The van der Waals surface area contributed by atoms with E-state index in [1.54, 1.807) is 0 Å². The quantitative estimate of drug-likeness (QED) is 0.686. The topological polar surface area (TPSA) is 12.5 Å². The zero-order valence-electron chi connectivity index (χ0n) is 9.37. The summed E-state index contributed by atoms with van der Waals surface area (Å²) in [4.78, 5) is 2.57. The fourth-order valence-electron chi connectivity index (χ4n) is 2.36. The normalized spacial score (nSPS) is 26.4. The van der Waals surface area contributed by atoms with Crippen molar-refractivity contribution in [3.63, 3.8) is 0 Å². The molecule has 1 saturated heterocycles. The highest BCUT2D eigenvalue weighted by Gasteiger charge is 2.25. The van der Waals surface area contributed by atoms with Gasteiger partial charge in [0.2, 0.25) is 0 Å². The average molecular weight is 197 g/mol. The highest BCUT2D eigenvalue weighted by Crippen LogP contribution is 2.26. The van der Waals surface area contributed by atoms with E-state index in [0.29, 0.717) is 12.2 Å². The summed E-state index contributed by atoms with van der Waals surface area (Å²) in [6, 6.07) is 0. The molecule has 2 rings (SSSR count). The molecule has 2 fully saturated rings. The van der Waals surface area contributed by atoms with Crippen LogP contribution in [0.25, 0.3) is 0 Å². The van der Waals surface area contributed by atoms with Crippen molar-refractivity contribution in [1.82, 2.24) is 4.90 Å². The predicted octanol–water partition coefficient (Wildman–Crippen LogP) is 2.43. The number of piperidine rings is 1. The third-order valence-electron chi connectivity index (χ3n) is 3.51. The van der Waals surface area contributed by atoms with Crippen molar-refractivity contribution in [2.75, 3.05) is 19.6 Å². The number of rotatable bonds is 4. The summed E-state index contributed by atoms with van der Waals surface area (Å²) < 4.78 is 6.03. The second-order valence-electron chi connectivity index (χ2n) is 4.73. The molecule has 0 radical (unpaired) electrons. The summed E-state index contributed by atoms with van der Waals surface area (Å²) in [5.74, 6) is 0. The summed E-state index contributed by atoms with van der Waals surface area (Å²) >= 11 is 0. The molecule has 0 bridgehead atoms. The largest absolute Gasteiger partial charge is 0.375 e. The van der Waals surface area contributed by atoms with E-state index in [2.05, 4.69) is 11.8 Å². The summed E-state index contributed by atoms with van der Waals surface area (Å²) in [5, 5.41) is 0. The van der Waals surface area contributed by atoms with E-state index in [4.69, 9.17) is 4.74 Å². The van der Waals surface area contributed by atoms with Crippen molar-refractivity contribution in [3.8, 4) is 0 Å². The van der Waals surface area contributed by atoms with Crippen LogP contribution in [0.4, 0.5) is 0 Å². The second kappa shape index (κ2) is 5.13. The van der Waals surface area contributed by atoms with Gasteiger partial charge in [-0.05, 0) is 45.1 Å². The Balaban J connectivity index is 1.62. The molecule has 0 atom stereocenters. The first-order valence-electron chi connectivity index (χ1n) is 6.26. The Kier molecular flexibility index (Phi) is 3.82. The molecule has 82 valence electrons. The molecule has 0 aromatic heterocycles. The van der Waals surface area contributed by atoms with Crippen molar-refractivity contribution in [2.45, 2.75) is 57.7 Å². The zero-order chi connectivity index (χ0) is 9.80. The van der Waals surface area contributed by atoms with E-state index < -0.39 is 0 Å². The second-order valence-corrected chi connectivity index (χ2v) is 4.73. The Morgan fingerprint density at radius 1 is 1.07 bits per heavy atom. The lowest BCUT2D eigenvalue weighted by Gasteiger charge is -2.36. The molecular weight excluding hydrogens is 174 g/mol. The Bertz CT molecular complexity index is 160. The number of ether oxygens (including phenoxy) is 1. The molecule has 1 aliphatic heterocycles. The molecule has 0 N–H and O–H groups in total. The van der Waals surface area contributed by atoms with Gasteiger partial charge in [-0.15, -0.1) is 0 Å². The van der Waals surface area contributed by atoms with Crippen LogP contribution in [0.3, 0.4) is 0 Å². The van der Waals surface area contributed by atoms with E-state index in [1.165, 1.54) is 58.2 Å². The average Bonchev–Trinajstić information content (AvgIpc) is 2.14. The first-order chi connectivity index (χ1) is 6.88. The molecule has 0 aromatic carbocycles. The monoisotopic (exact) mass is 197 g/mol. The highest BCUT2D eigenvalue weighted by molar-refractivity contribution is 4.76. The van der Waals surface area contributed by atoms with Crippen LogP contribution in [0, 0.1) is 0 Å². The van der Waals surface area contributed by atoms with Crippen LogP contribution in [-0.4, -0.2) is 36.7 Å². The summed E-state index contributed by atoms with van der Waals surface area (Å²) in [6.45, 7) is 6.05. The molecule has 0 amide bonds. The molecule has 0 spiro atoms. The summed E-state index contributed by atoms with van der Waals surface area (Å²) in [6.07, 6.45) is 9.02. The number of likely N-dealkylation sites (tertiary alicyclic amines) is 1. The van der Waals surface area contributed by atoms with Crippen LogP contribution in [0.1, 0.15) is 45.4 Å². The van der Waals surface area contributed by atoms with Crippen molar-refractivity contribution < 1.29 is 4.74 Å². The minimum atomic E-state index is 0.577. The zero-order valence-corrected chi connectivity index (χ0v) is 9.37. The lowest BCUT2D eigenvalue weighted by Crippen LogP contribution is -2.39. The molecule has 2 nitrogen and oxygen atoms in total. The van der Waals surface area contributed by atoms with Crippen LogP contribution in [0.2, 0.25) is 0 Å². The molecule has 2 aliphatic rings. The SMILES string of the molecule is CCCN1CCC(OC2CCC2)CC1. The Labute approximate surface area is 87.6 Å². The number of hydrogen-bond donors (Lipinski definition) is 0. The minimum absolute atomic E-state index is 0.577. The van der Waals surface area contributed by atoms with E-state index in [9.17, 15) is 0 Å². The first kappa shape index (κ1) is 10.4. The fraction of sp³-hybridized carbons (Fsp3) is 1.00. The fourth-order valence-corrected chi connectivity index (χ4v) is 2.36. The molecule has 0 unspecified atom stereocenters. The van der Waals surface area contributed by atoms with E-state index >= 15 is 0 Å². The molecular formula is C12H23NO. The van der Waals surface area contributed by atoms with Crippen LogP contribution < -0.4 is 0 Å². The predicted molar refractivity (Wildman–Crippen MR) is 58.5 cm³/mol. The first-order valence-corrected chi connectivity index (χ1v) is 6.26. The van der Waals surface area contributed by atoms with Gasteiger partial charge >= 0.3 is 0 Å². The van der Waals surface area contributed by atoms with Crippen molar-refractivity contribution in [1.29, 1.82) is 0 Å². The summed E-state index contributed by atoms with van der Waals surface area (Å²) in [5.41, 5.74) is 0. The maximum atomic E-state index is 6.03. The van der Waals surface area contributed by atoms with Gasteiger partial charge in [-0.2, -0.15) is 0 Å². The maximum Gasteiger partial charge on any atom is 0.0603 e. The molecule has 1 aliphatic carbocycles. The Morgan fingerprint density at radius 2 is 1.71 bits per heavy atom. The molecule has 1 saturated carbocycles. The van der Waals surface area contributed by atoms with Crippen LogP contribution >= 0.6 is 0 Å². The van der Waals surface area contributed by atoms with E-state index in [-0.39, 0.29) is 0 Å². The Hall–Kier alpha value is -0.0800. The lowest BCUT2D eigenvalue weighted by molar-refractivity contribution is -0.0733. The van der Waals surface area contributed by atoms with Crippen molar-refractivity contribution in [2.24, 2.45) is 0 Å². The van der Waals surface area contributed by atoms with Gasteiger partial charge in [0.05, 0.1) is 12.2 Å². The van der Waals surface area contributed by atoms with Crippen molar-refractivity contribution in [3.05, 3.63) is 0 Å². The van der Waals surface area contributed by atoms with Gasteiger partial charge in [0.15, 0.2) is 0 Å². The molecule has 14 heavy (non-hydrogen) atoms. The molecule has 1 heterocycles. The van der Waals surface area contributed by atoms with Gasteiger partial charge in [-0.1, -0.05) is 6.92 Å². The standard InChI is InChI=1S/C12H23NO/c1-2-8-13-9-6-12(7-10-13)14-11-4-3-5-11/h11-12H,2-10H2,1H3. The molecule has 2 heteroatoms. The number of hydrogen-bond acceptors (Lipinski definition) is 2. The molecule has 0 aromatic rings. The summed E-state index contributed by atoms with van der Waals surface area (Å²) in [7, 11) is 0.